The molecule has 1 atom stereocenters. The van der Waals surface area contributed by atoms with Gasteiger partial charge >= 0.3 is 0 Å². The zero-order valence-corrected chi connectivity index (χ0v) is 8.90. The quantitative estimate of drug-likeness (QED) is 0.574. The summed E-state index contributed by atoms with van der Waals surface area (Å²) in [4.78, 5) is 4.36. The summed E-state index contributed by atoms with van der Waals surface area (Å²) in [6.07, 6.45) is 1.14. The lowest BCUT2D eigenvalue weighted by Crippen LogP contribution is -2.15. The number of amidine groups is 1. The Hall–Kier alpha value is -1.31. The van der Waals surface area contributed by atoms with Gasteiger partial charge in [-0.3, -0.25) is 4.99 Å². The number of benzene rings is 1. The van der Waals surface area contributed by atoms with Crippen LogP contribution in [-0.4, -0.2) is 12.4 Å². The van der Waals surface area contributed by atoms with Crippen LogP contribution in [0, 0.1) is 5.92 Å². The van der Waals surface area contributed by atoms with Crippen LogP contribution in [0.3, 0.4) is 0 Å². The van der Waals surface area contributed by atoms with Crippen molar-refractivity contribution in [2.45, 2.75) is 20.3 Å². The van der Waals surface area contributed by atoms with Crippen molar-refractivity contribution in [3.8, 4) is 0 Å². The van der Waals surface area contributed by atoms with Crippen LogP contribution in [-0.2, 0) is 0 Å². The molecule has 0 aliphatic heterocycles. The SMILES string of the molecule is CCC(C)CN=C(N)c1ccccc1. The van der Waals surface area contributed by atoms with Crippen LogP contribution in [0.2, 0.25) is 0 Å². The Balaban J connectivity index is 2.61. The first kappa shape index (κ1) is 10.8. The zero-order chi connectivity index (χ0) is 10.4. The summed E-state index contributed by atoms with van der Waals surface area (Å²) in [6, 6.07) is 9.89. The van der Waals surface area contributed by atoms with E-state index in [0.29, 0.717) is 11.8 Å². The number of aliphatic imine (C=N–C) groups is 1. The summed E-state index contributed by atoms with van der Waals surface area (Å²) in [6.45, 7) is 5.16. The molecule has 0 spiro atoms. The Bertz CT molecular complexity index is 290. The Labute approximate surface area is 85.9 Å². The van der Waals surface area contributed by atoms with Gasteiger partial charge in [0.25, 0.3) is 0 Å². The highest BCUT2D eigenvalue weighted by Gasteiger charge is 1.99. The molecule has 2 heteroatoms. The van der Waals surface area contributed by atoms with Crippen molar-refractivity contribution in [2.75, 3.05) is 6.54 Å². The molecule has 2 nitrogen and oxygen atoms in total. The number of hydrogen-bond donors (Lipinski definition) is 1. The second-order valence-electron chi connectivity index (χ2n) is 3.61. The highest BCUT2D eigenvalue weighted by molar-refractivity contribution is 5.97. The molecule has 0 radical (unpaired) electrons. The lowest BCUT2D eigenvalue weighted by molar-refractivity contribution is 0.577. The van der Waals surface area contributed by atoms with E-state index in [-0.39, 0.29) is 0 Å². The molecule has 0 fully saturated rings. The van der Waals surface area contributed by atoms with Gasteiger partial charge < -0.3 is 5.73 Å². The maximum Gasteiger partial charge on any atom is 0.125 e. The fourth-order valence-corrected chi connectivity index (χ4v) is 1.08. The van der Waals surface area contributed by atoms with E-state index in [1.165, 1.54) is 0 Å². The standard InChI is InChI=1S/C12H18N2/c1-3-10(2)9-14-12(13)11-7-5-4-6-8-11/h4-8,10H,3,9H2,1-2H3,(H2,13,14). The molecule has 0 saturated heterocycles. The van der Waals surface area contributed by atoms with E-state index < -0.39 is 0 Å². The molecule has 1 rings (SSSR count). The van der Waals surface area contributed by atoms with Crippen LogP contribution in [0.4, 0.5) is 0 Å². The maximum absolute atomic E-state index is 5.85. The van der Waals surface area contributed by atoms with E-state index in [0.717, 1.165) is 18.5 Å². The van der Waals surface area contributed by atoms with E-state index in [4.69, 9.17) is 5.73 Å². The highest BCUT2D eigenvalue weighted by atomic mass is 14.8. The first-order valence-corrected chi connectivity index (χ1v) is 5.09. The van der Waals surface area contributed by atoms with Crippen molar-refractivity contribution >= 4 is 5.84 Å². The van der Waals surface area contributed by atoms with Crippen LogP contribution in [0.15, 0.2) is 35.3 Å². The molecule has 0 amide bonds. The molecule has 76 valence electrons. The van der Waals surface area contributed by atoms with Crippen molar-refractivity contribution in [2.24, 2.45) is 16.6 Å². The van der Waals surface area contributed by atoms with Crippen molar-refractivity contribution < 1.29 is 0 Å². The lowest BCUT2D eigenvalue weighted by Gasteiger charge is -2.05. The Morgan fingerprint density at radius 1 is 1.36 bits per heavy atom. The largest absolute Gasteiger partial charge is 0.384 e. The van der Waals surface area contributed by atoms with Gasteiger partial charge in [0.2, 0.25) is 0 Å². The Kier molecular flexibility index (Phi) is 4.17. The maximum atomic E-state index is 5.85. The molecule has 0 saturated carbocycles. The van der Waals surface area contributed by atoms with Crippen LogP contribution in [0.5, 0.6) is 0 Å². The third-order valence-electron chi connectivity index (χ3n) is 2.34. The van der Waals surface area contributed by atoms with E-state index in [1.807, 2.05) is 30.3 Å². The molecular formula is C12H18N2. The van der Waals surface area contributed by atoms with Gasteiger partial charge in [0.15, 0.2) is 0 Å². The van der Waals surface area contributed by atoms with Gasteiger partial charge in [-0.2, -0.15) is 0 Å². The van der Waals surface area contributed by atoms with E-state index >= 15 is 0 Å². The van der Waals surface area contributed by atoms with E-state index in [2.05, 4.69) is 18.8 Å². The average Bonchev–Trinajstić information content (AvgIpc) is 2.26. The predicted octanol–water partition coefficient (Wildman–Crippen LogP) is 2.44. The summed E-state index contributed by atoms with van der Waals surface area (Å²) >= 11 is 0. The van der Waals surface area contributed by atoms with Gasteiger partial charge in [-0.05, 0) is 5.92 Å². The molecule has 1 unspecified atom stereocenters. The third kappa shape index (κ3) is 3.21. The second kappa shape index (κ2) is 5.43. The molecule has 1 aromatic carbocycles. The van der Waals surface area contributed by atoms with Crippen LogP contribution >= 0.6 is 0 Å². The van der Waals surface area contributed by atoms with E-state index in [1.54, 1.807) is 0 Å². The first-order valence-electron chi connectivity index (χ1n) is 5.09. The minimum absolute atomic E-state index is 0.609. The fraction of sp³-hybridized carbons (Fsp3) is 0.417. The predicted molar refractivity (Wildman–Crippen MR) is 61.5 cm³/mol. The Morgan fingerprint density at radius 3 is 2.57 bits per heavy atom. The fourth-order valence-electron chi connectivity index (χ4n) is 1.08. The summed E-state index contributed by atoms with van der Waals surface area (Å²) < 4.78 is 0. The van der Waals surface area contributed by atoms with E-state index in [9.17, 15) is 0 Å². The van der Waals surface area contributed by atoms with Crippen molar-refractivity contribution in [3.63, 3.8) is 0 Å². The topological polar surface area (TPSA) is 38.4 Å². The summed E-state index contributed by atoms with van der Waals surface area (Å²) in [5.41, 5.74) is 6.86. The first-order chi connectivity index (χ1) is 6.74. The van der Waals surface area contributed by atoms with Gasteiger partial charge in [0.05, 0.1) is 0 Å². The van der Waals surface area contributed by atoms with Crippen molar-refractivity contribution in [1.82, 2.24) is 0 Å². The van der Waals surface area contributed by atoms with Gasteiger partial charge in [-0.15, -0.1) is 0 Å². The monoisotopic (exact) mass is 190 g/mol. The van der Waals surface area contributed by atoms with Crippen LogP contribution in [0.1, 0.15) is 25.8 Å². The van der Waals surface area contributed by atoms with Crippen molar-refractivity contribution in [1.29, 1.82) is 0 Å². The number of nitrogens with zero attached hydrogens (tertiary/aromatic N) is 1. The molecule has 0 heterocycles. The number of rotatable bonds is 4. The minimum atomic E-state index is 0.609. The highest BCUT2D eigenvalue weighted by Crippen LogP contribution is 2.02. The van der Waals surface area contributed by atoms with Crippen LogP contribution in [0.25, 0.3) is 0 Å². The third-order valence-corrected chi connectivity index (χ3v) is 2.34. The molecule has 2 N–H and O–H groups in total. The number of nitrogens with two attached hydrogens (primary N) is 1. The van der Waals surface area contributed by atoms with Crippen molar-refractivity contribution in [3.05, 3.63) is 35.9 Å². The zero-order valence-electron chi connectivity index (χ0n) is 8.90. The molecule has 14 heavy (non-hydrogen) atoms. The molecule has 0 aromatic heterocycles. The van der Waals surface area contributed by atoms with Gasteiger partial charge in [0, 0.05) is 12.1 Å². The molecule has 0 aliphatic carbocycles. The molecule has 0 aliphatic rings. The van der Waals surface area contributed by atoms with Gasteiger partial charge in [-0.1, -0.05) is 50.6 Å². The number of hydrogen-bond acceptors (Lipinski definition) is 1. The summed E-state index contributed by atoms with van der Waals surface area (Å²) in [5.74, 6) is 1.25. The molecule has 1 aromatic rings. The average molecular weight is 190 g/mol. The lowest BCUT2D eigenvalue weighted by atomic mass is 10.1. The smallest absolute Gasteiger partial charge is 0.125 e. The summed E-state index contributed by atoms with van der Waals surface area (Å²) in [5, 5.41) is 0. The summed E-state index contributed by atoms with van der Waals surface area (Å²) in [7, 11) is 0. The molecule has 0 bridgehead atoms. The normalized spacial score (nSPS) is 14.0. The molecular weight excluding hydrogens is 172 g/mol. The minimum Gasteiger partial charge on any atom is -0.384 e. The Morgan fingerprint density at radius 2 is 2.00 bits per heavy atom. The second-order valence-corrected chi connectivity index (χ2v) is 3.61. The van der Waals surface area contributed by atoms with Gasteiger partial charge in [-0.25, -0.2) is 0 Å². The van der Waals surface area contributed by atoms with Gasteiger partial charge in [0.1, 0.15) is 5.84 Å². The van der Waals surface area contributed by atoms with Crippen LogP contribution < -0.4 is 5.73 Å².